The van der Waals surface area contributed by atoms with E-state index in [0.717, 1.165) is 6.92 Å². The lowest BCUT2D eigenvalue weighted by molar-refractivity contribution is -0.102. The minimum Gasteiger partial charge on any atom is -0.383 e. The number of hydrogen-bond donors (Lipinski definition) is 1. The van der Waals surface area contributed by atoms with Gasteiger partial charge in [-0.05, 0) is 28.4 Å². The molecule has 0 saturated carbocycles. The molecule has 0 heterocycles. The molecule has 1 N–H and O–H groups in total. The topological polar surface area (TPSA) is 20.2 Å². The molecule has 1 atom stereocenters. The van der Waals surface area contributed by atoms with E-state index >= 15 is 0 Å². The fourth-order valence-corrected chi connectivity index (χ4v) is 1.23. The van der Waals surface area contributed by atoms with Crippen LogP contribution in [0.5, 0.6) is 0 Å². The molecular weight excluding hydrogens is 254 g/mol. The molecule has 1 aromatic rings. The molecule has 0 bridgehead atoms. The van der Waals surface area contributed by atoms with Crippen molar-refractivity contribution in [3.8, 4) is 0 Å². The van der Waals surface area contributed by atoms with Crippen molar-refractivity contribution >= 4 is 15.9 Å². The number of rotatable bonds is 3. The van der Waals surface area contributed by atoms with Crippen LogP contribution in [0.15, 0.2) is 30.3 Å². The monoisotopic (exact) mass is 264 g/mol. The Morgan fingerprint density at radius 2 is 1.79 bits per heavy atom. The van der Waals surface area contributed by atoms with E-state index in [1.54, 1.807) is 30.3 Å². The van der Waals surface area contributed by atoms with Gasteiger partial charge in [-0.25, -0.2) is 0 Å². The van der Waals surface area contributed by atoms with Crippen LogP contribution in [0.3, 0.4) is 0 Å². The predicted molar refractivity (Wildman–Crippen MR) is 54.6 cm³/mol. The molecular formula is C10H11BrF2O. The van der Waals surface area contributed by atoms with Crippen LogP contribution in [0.1, 0.15) is 12.5 Å². The van der Waals surface area contributed by atoms with Gasteiger partial charge in [-0.1, -0.05) is 30.3 Å². The Hall–Kier alpha value is -0.480. The van der Waals surface area contributed by atoms with E-state index in [1.807, 2.05) is 0 Å². The first-order valence-corrected chi connectivity index (χ1v) is 4.95. The van der Waals surface area contributed by atoms with E-state index in [1.165, 1.54) is 0 Å². The highest BCUT2D eigenvalue weighted by Gasteiger charge is 2.46. The van der Waals surface area contributed by atoms with Crippen molar-refractivity contribution < 1.29 is 13.9 Å². The molecule has 0 spiro atoms. The van der Waals surface area contributed by atoms with Crippen molar-refractivity contribution in [2.24, 2.45) is 0 Å². The molecule has 0 saturated heterocycles. The van der Waals surface area contributed by atoms with E-state index in [2.05, 4.69) is 15.9 Å². The molecule has 1 rings (SSSR count). The standard InChI is InChI=1S/C10H11BrF2O/c1-9(14,10(11,12)13)7-8-5-3-2-4-6-8/h2-6,14H,7H2,1H3. The molecule has 1 aromatic carbocycles. The van der Waals surface area contributed by atoms with E-state index < -0.39 is 10.4 Å². The van der Waals surface area contributed by atoms with Gasteiger partial charge in [0.1, 0.15) is 5.60 Å². The van der Waals surface area contributed by atoms with Gasteiger partial charge in [0.05, 0.1) is 0 Å². The molecule has 0 aromatic heterocycles. The molecule has 4 heteroatoms. The highest BCUT2D eigenvalue weighted by molar-refractivity contribution is 9.10. The Balaban J connectivity index is 2.79. The van der Waals surface area contributed by atoms with Crippen LogP contribution in [-0.4, -0.2) is 15.5 Å². The highest BCUT2D eigenvalue weighted by Crippen LogP contribution is 2.36. The Morgan fingerprint density at radius 3 is 2.21 bits per heavy atom. The van der Waals surface area contributed by atoms with Gasteiger partial charge in [0.25, 0.3) is 0 Å². The maximum atomic E-state index is 12.9. The Kier molecular flexibility index (Phi) is 3.27. The second-order valence-electron chi connectivity index (χ2n) is 3.43. The second kappa shape index (κ2) is 3.95. The van der Waals surface area contributed by atoms with Crippen molar-refractivity contribution in [3.63, 3.8) is 0 Å². The molecule has 14 heavy (non-hydrogen) atoms. The molecule has 78 valence electrons. The van der Waals surface area contributed by atoms with Crippen LogP contribution >= 0.6 is 15.9 Å². The summed E-state index contributed by atoms with van der Waals surface area (Å²) in [4.78, 5) is -3.28. The summed E-state index contributed by atoms with van der Waals surface area (Å²) in [6.07, 6.45) is -0.0912. The minimum atomic E-state index is -3.28. The molecule has 0 amide bonds. The van der Waals surface area contributed by atoms with Gasteiger partial charge in [0.15, 0.2) is 0 Å². The van der Waals surface area contributed by atoms with Gasteiger partial charge >= 0.3 is 4.83 Å². The summed E-state index contributed by atoms with van der Waals surface area (Å²) in [5.74, 6) is 0. The lowest BCUT2D eigenvalue weighted by Gasteiger charge is -2.28. The minimum absolute atomic E-state index is 0.0912. The third-order valence-corrected chi connectivity index (χ3v) is 2.86. The van der Waals surface area contributed by atoms with E-state index in [4.69, 9.17) is 0 Å². The molecule has 0 aliphatic heterocycles. The number of aliphatic hydroxyl groups is 1. The van der Waals surface area contributed by atoms with Crippen LogP contribution < -0.4 is 0 Å². The molecule has 0 fully saturated rings. The smallest absolute Gasteiger partial charge is 0.329 e. The summed E-state index contributed by atoms with van der Waals surface area (Å²) in [7, 11) is 0. The first-order chi connectivity index (χ1) is 6.33. The maximum absolute atomic E-state index is 12.9. The largest absolute Gasteiger partial charge is 0.383 e. The zero-order valence-electron chi connectivity index (χ0n) is 7.67. The molecule has 1 nitrogen and oxygen atoms in total. The Bertz CT molecular complexity index is 293. The van der Waals surface area contributed by atoms with Crippen LogP contribution in [0, 0.1) is 0 Å². The van der Waals surface area contributed by atoms with Gasteiger partial charge in [-0.15, -0.1) is 0 Å². The summed E-state index contributed by atoms with van der Waals surface area (Å²) in [5, 5.41) is 9.51. The van der Waals surface area contributed by atoms with Crippen LogP contribution in [0.25, 0.3) is 0 Å². The summed E-state index contributed by atoms with van der Waals surface area (Å²) in [5.41, 5.74) is -1.40. The quantitative estimate of drug-likeness (QED) is 0.833. The van der Waals surface area contributed by atoms with E-state index in [0.29, 0.717) is 5.56 Å². The van der Waals surface area contributed by atoms with Gasteiger partial charge in [0, 0.05) is 6.42 Å². The molecule has 1 unspecified atom stereocenters. The Morgan fingerprint density at radius 1 is 1.29 bits per heavy atom. The highest BCUT2D eigenvalue weighted by atomic mass is 79.9. The summed E-state index contributed by atoms with van der Waals surface area (Å²) in [6, 6.07) is 8.69. The normalized spacial score (nSPS) is 16.4. The van der Waals surface area contributed by atoms with Gasteiger partial charge in [-0.2, -0.15) is 8.78 Å². The second-order valence-corrected chi connectivity index (χ2v) is 4.43. The molecule has 0 radical (unpaired) electrons. The average Bonchev–Trinajstić information content (AvgIpc) is 2.03. The lowest BCUT2D eigenvalue weighted by Crippen LogP contribution is -2.42. The third kappa shape index (κ3) is 2.75. The van der Waals surface area contributed by atoms with Crippen LogP contribution in [-0.2, 0) is 6.42 Å². The number of alkyl halides is 3. The molecule has 0 aliphatic carbocycles. The van der Waals surface area contributed by atoms with Crippen molar-refractivity contribution in [1.82, 2.24) is 0 Å². The summed E-state index contributed by atoms with van der Waals surface area (Å²) >= 11 is 2.17. The SMILES string of the molecule is CC(O)(Cc1ccccc1)C(F)(F)Br. The maximum Gasteiger partial charge on any atom is 0.329 e. The fourth-order valence-electron chi connectivity index (χ4n) is 1.09. The molecule has 0 aliphatic rings. The van der Waals surface area contributed by atoms with Gasteiger partial charge in [-0.3, -0.25) is 0 Å². The predicted octanol–water partition coefficient (Wildman–Crippen LogP) is 2.97. The van der Waals surface area contributed by atoms with Crippen molar-refractivity contribution in [3.05, 3.63) is 35.9 Å². The number of hydrogen-bond acceptors (Lipinski definition) is 1. The van der Waals surface area contributed by atoms with Crippen LogP contribution in [0.2, 0.25) is 0 Å². The zero-order valence-corrected chi connectivity index (χ0v) is 9.26. The van der Waals surface area contributed by atoms with E-state index in [-0.39, 0.29) is 6.42 Å². The third-order valence-electron chi connectivity index (χ3n) is 2.00. The number of benzene rings is 1. The van der Waals surface area contributed by atoms with Crippen molar-refractivity contribution in [2.45, 2.75) is 23.8 Å². The van der Waals surface area contributed by atoms with Gasteiger partial charge < -0.3 is 5.11 Å². The van der Waals surface area contributed by atoms with Crippen molar-refractivity contribution in [2.75, 3.05) is 0 Å². The van der Waals surface area contributed by atoms with Crippen molar-refractivity contribution in [1.29, 1.82) is 0 Å². The summed E-state index contributed by atoms with van der Waals surface area (Å²) in [6.45, 7) is 1.11. The summed E-state index contributed by atoms with van der Waals surface area (Å²) < 4.78 is 25.7. The van der Waals surface area contributed by atoms with Gasteiger partial charge in [0.2, 0.25) is 0 Å². The first kappa shape index (κ1) is 11.6. The van der Waals surface area contributed by atoms with Crippen LogP contribution in [0.4, 0.5) is 8.78 Å². The van der Waals surface area contributed by atoms with E-state index in [9.17, 15) is 13.9 Å². The zero-order chi connectivity index (χ0) is 10.8. The number of halogens is 3. The Labute approximate surface area is 89.9 Å². The fraction of sp³-hybridized carbons (Fsp3) is 0.400. The first-order valence-electron chi connectivity index (χ1n) is 4.16. The lowest BCUT2D eigenvalue weighted by atomic mass is 9.97. The average molecular weight is 265 g/mol.